The van der Waals surface area contributed by atoms with Gasteiger partial charge in [0.15, 0.2) is 0 Å². The maximum absolute atomic E-state index is 9.40. The van der Waals surface area contributed by atoms with E-state index in [1.54, 1.807) is 0 Å². The summed E-state index contributed by atoms with van der Waals surface area (Å²) in [5, 5.41) is 10.1. The van der Waals surface area contributed by atoms with Crippen molar-refractivity contribution in [1.82, 2.24) is 4.90 Å². The zero-order valence-electron chi connectivity index (χ0n) is 9.90. The molecular formula is C14H17ClN2. The van der Waals surface area contributed by atoms with Crippen molar-refractivity contribution in [3.05, 3.63) is 34.9 Å². The highest BCUT2D eigenvalue weighted by Gasteiger charge is 2.22. The predicted molar refractivity (Wildman–Crippen MR) is 69.8 cm³/mol. The van der Waals surface area contributed by atoms with E-state index in [1.165, 1.54) is 25.7 Å². The second kappa shape index (κ2) is 6.05. The number of hydrogen-bond donors (Lipinski definition) is 0. The number of halogens is 1. The smallest absolute Gasteiger partial charge is 0.125 e. The molecule has 2 nitrogen and oxygen atoms in total. The normalized spacial score (nSPS) is 19.3. The summed E-state index contributed by atoms with van der Waals surface area (Å²) in [6.45, 7) is 2.01. The van der Waals surface area contributed by atoms with Crippen molar-refractivity contribution in [3.8, 4) is 6.07 Å². The zero-order valence-corrected chi connectivity index (χ0v) is 10.7. The fourth-order valence-electron chi connectivity index (χ4n) is 2.40. The van der Waals surface area contributed by atoms with Crippen molar-refractivity contribution in [3.63, 3.8) is 0 Å². The average molecular weight is 249 g/mol. The van der Waals surface area contributed by atoms with Gasteiger partial charge in [0, 0.05) is 10.6 Å². The first-order valence-electron chi connectivity index (χ1n) is 6.21. The van der Waals surface area contributed by atoms with Crippen LogP contribution in [0.3, 0.4) is 0 Å². The second-order valence-corrected chi connectivity index (χ2v) is 4.91. The van der Waals surface area contributed by atoms with E-state index in [-0.39, 0.29) is 6.04 Å². The monoisotopic (exact) mass is 248 g/mol. The maximum atomic E-state index is 9.40. The van der Waals surface area contributed by atoms with Gasteiger partial charge in [-0.1, -0.05) is 42.6 Å². The third-order valence-corrected chi connectivity index (χ3v) is 3.67. The van der Waals surface area contributed by atoms with E-state index in [1.807, 2.05) is 24.3 Å². The molecule has 17 heavy (non-hydrogen) atoms. The van der Waals surface area contributed by atoms with Crippen molar-refractivity contribution in [2.75, 3.05) is 13.1 Å². The van der Waals surface area contributed by atoms with Crippen LogP contribution in [0.5, 0.6) is 0 Å². The van der Waals surface area contributed by atoms with Crippen LogP contribution in [0, 0.1) is 11.3 Å². The van der Waals surface area contributed by atoms with E-state index in [9.17, 15) is 5.26 Å². The first-order chi connectivity index (χ1) is 8.33. The highest BCUT2D eigenvalue weighted by Crippen LogP contribution is 2.28. The van der Waals surface area contributed by atoms with Crippen molar-refractivity contribution < 1.29 is 0 Å². The number of benzene rings is 1. The van der Waals surface area contributed by atoms with Crippen LogP contribution in [0.4, 0.5) is 0 Å². The molecule has 0 aliphatic carbocycles. The lowest BCUT2D eigenvalue weighted by molar-refractivity contribution is 0.246. The molecule has 1 fully saturated rings. The van der Waals surface area contributed by atoms with Crippen LogP contribution in [0.1, 0.15) is 37.3 Å². The largest absolute Gasteiger partial charge is 0.284 e. The molecule has 0 saturated carbocycles. The molecule has 1 aliphatic heterocycles. The Balaban J connectivity index is 2.21. The number of rotatable bonds is 2. The van der Waals surface area contributed by atoms with Crippen molar-refractivity contribution >= 4 is 11.6 Å². The summed E-state index contributed by atoms with van der Waals surface area (Å²) >= 11 is 6.18. The van der Waals surface area contributed by atoms with Gasteiger partial charge in [0.1, 0.15) is 6.04 Å². The van der Waals surface area contributed by atoms with Gasteiger partial charge in [-0.2, -0.15) is 5.26 Å². The molecule has 0 amide bonds. The van der Waals surface area contributed by atoms with Gasteiger partial charge < -0.3 is 0 Å². The Kier molecular flexibility index (Phi) is 4.42. The van der Waals surface area contributed by atoms with Gasteiger partial charge in [0.25, 0.3) is 0 Å². The van der Waals surface area contributed by atoms with E-state index < -0.39 is 0 Å². The van der Waals surface area contributed by atoms with E-state index >= 15 is 0 Å². The number of nitriles is 1. The van der Waals surface area contributed by atoms with Gasteiger partial charge >= 0.3 is 0 Å². The Morgan fingerprint density at radius 3 is 2.35 bits per heavy atom. The molecule has 0 bridgehead atoms. The lowest BCUT2D eigenvalue weighted by Crippen LogP contribution is -2.29. The predicted octanol–water partition coefficient (Wildman–Crippen LogP) is 3.78. The second-order valence-electron chi connectivity index (χ2n) is 4.50. The first kappa shape index (κ1) is 12.4. The molecule has 0 radical (unpaired) electrons. The summed E-state index contributed by atoms with van der Waals surface area (Å²) in [6.07, 6.45) is 4.92. The van der Waals surface area contributed by atoms with Crippen molar-refractivity contribution in [2.24, 2.45) is 0 Å². The molecule has 1 aromatic carbocycles. The molecule has 1 heterocycles. The Hall–Kier alpha value is -1.04. The quantitative estimate of drug-likeness (QED) is 0.797. The molecule has 0 N–H and O–H groups in total. The summed E-state index contributed by atoms with van der Waals surface area (Å²) in [4.78, 5) is 2.26. The molecule has 1 saturated heterocycles. The van der Waals surface area contributed by atoms with E-state index in [4.69, 9.17) is 11.6 Å². The number of hydrogen-bond acceptors (Lipinski definition) is 2. The van der Waals surface area contributed by atoms with E-state index in [0.29, 0.717) is 5.02 Å². The molecule has 2 rings (SSSR count). The SMILES string of the molecule is N#C[C@H](c1ccccc1Cl)N1CCCCCC1. The number of likely N-dealkylation sites (tertiary alicyclic amines) is 1. The van der Waals surface area contributed by atoms with E-state index in [2.05, 4.69) is 11.0 Å². The third kappa shape index (κ3) is 3.00. The minimum atomic E-state index is -0.193. The Morgan fingerprint density at radius 2 is 1.76 bits per heavy atom. The lowest BCUT2D eigenvalue weighted by Gasteiger charge is -2.26. The van der Waals surface area contributed by atoms with E-state index in [0.717, 1.165) is 18.7 Å². The van der Waals surface area contributed by atoms with Crippen LogP contribution in [-0.2, 0) is 0 Å². The minimum Gasteiger partial charge on any atom is -0.284 e. The fourth-order valence-corrected chi connectivity index (χ4v) is 2.64. The van der Waals surface area contributed by atoms with Crippen molar-refractivity contribution in [2.45, 2.75) is 31.7 Å². The highest BCUT2D eigenvalue weighted by molar-refractivity contribution is 6.31. The third-order valence-electron chi connectivity index (χ3n) is 3.33. The van der Waals surface area contributed by atoms with Gasteiger partial charge in [-0.3, -0.25) is 4.90 Å². The number of nitrogens with zero attached hydrogens (tertiary/aromatic N) is 2. The average Bonchev–Trinajstić information content (AvgIpc) is 2.62. The maximum Gasteiger partial charge on any atom is 0.125 e. The van der Waals surface area contributed by atoms with Gasteiger partial charge in [-0.05, 0) is 32.0 Å². The topological polar surface area (TPSA) is 27.0 Å². The minimum absolute atomic E-state index is 0.193. The molecule has 90 valence electrons. The Morgan fingerprint density at radius 1 is 1.12 bits per heavy atom. The molecular weight excluding hydrogens is 232 g/mol. The van der Waals surface area contributed by atoms with Crippen LogP contribution in [0.15, 0.2) is 24.3 Å². The molecule has 0 unspecified atom stereocenters. The van der Waals surface area contributed by atoms with Crippen LogP contribution in [0.25, 0.3) is 0 Å². The molecule has 0 spiro atoms. The van der Waals surface area contributed by atoms with Crippen molar-refractivity contribution in [1.29, 1.82) is 5.26 Å². The van der Waals surface area contributed by atoms with Gasteiger partial charge in [-0.25, -0.2) is 0 Å². The lowest BCUT2D eigenvalue weighted by atomic mass is 10.1. The molecule has 1 aromatic rings. The van der Waals surface area contributed by atoms with Gasteiger partial charge in [0.2, 0.25) is 0 Å². The standard InChI is InChI=1S/C14H17ClN2/c15-13-8-4-3-7-12(13)14(11-16)17-9-5-1-2-6-10-17/h3-4,7-8,14H,1-2,5-6,9-10H2/t14-/m1/s1. The van der Waals surface area contributed by atoms with Gasteiger partial charge in [0.05, 0.1) is 6.07 Å². The molecule has 1 aliphatic rings. The van der Waals surface area contributed by atoms with Crippen LogP contribution >= 0.6 is 11.6 Å². The summed E-state index contributed by atoms with van der Waals surface area (Å²) in [7, 11) is 0. The zero-order chi connectivity index (χ0) is 12.1. The van der Waals surface area contributed by atoms with Gasteiger partial charge in [-0.15, -0.1) is 0 Å². The summed E-state index contributed by atoms with van der Waals surface area (Å²) in [6, 6.07) is 9.88. The first-order valence-corrected chi connectivity index (χ1v) is 6.59. The molecule has 0 aromatic heterocycles. The van der Waals surface area contributed by atoms with Crippen LogP contribution in [0.2, 0.25) is 5.02 Å². The summed E-state index contributed by atoms with van der Waals surface area (Å²) in [5.41, 5.74) is 0.943. The fraction of sp³-hybridized carbons (Fsp3) is 0.500. The Labute approximate surface area is 108 Å². The summed E-state index contributed by atoms with van der Waals surface area (Å²) < 4.78 is 0. The Bertz CT molecular complexity index is 403. The highest BCUT2D eigenvalue weighted by atomic mass is 35.5. The van der Waals surface area contributed by atoms with Crippen LogP contribution < -0.4 is 0 Å². The summed E-state index contributed by atoms with van der Waals surface area (Å²) in [5.74, 6) is 0. The van der Waals surface area contributed by atoms with Crippen LogP contribution in [-0.4, -0.2) is 18.0 Å². The molecule has 3 heteroatoms. The molecule has 1 atom stereocenters.